The molecule has 0 aromatic carbocycles. The Labute approximate surface area is 134 Å². The van der Waals surface area contributed by atoms with E-state index < -0.39 is 0 Å². The van der Waals surface area contributed by atoms with Crippen LogP contribution in [0.15, 0.2) is 30.2 Å². The van der Waals surface area contributed by atoms with Crippen LogP contribution in [-0.4, -0.2) is 51.2 Å². The molecule has 118 valence electrons. The van der Waals surface area contributed by atoms with Gasteiger partial charge in [-0.1, -0.05) is 6.07 Å². The second kappa shape index (κ2) is 7.51. The predicted octanol–water partition coefficient (Wildman–Crippen LogP) is 1.16. The summed E-state index contributed by atoms with van der Waals surface area (Å²) in [6.45, 7) is 2.98. The van der Waals surface area contributed by atoms with Crippen molar-refractivity contribution < 1.29 is 4.79 Å². The van der Waals surface area contributed by atoms with Crippen LogP contribution in [0, 0.1) is 0 Å². The highest BCUT2D eigenvalue weighted by atomic mass is 32.1. The zero-order chi connectivity index (χ0) is 15.2. The standard InChI is InChI=1S/C15H21N5OS/c21-15(17-6-5-14-4-2-8-22-14)10-19-7-1-3-13(19)9-20-12-16-11-18-20/h2,4,8,11-13H,1,3,5-7,9-10H2,(H,17,21). The van der Waals surface area contributed by atoms with E-state index in [9.17, 15) is 4.79 Å². The maximum Gasteiger partial charge on any atom is 0.234 e. The highest BCUT2D eigenvalue weighted by Crippen LogP contribution is 2.18. The van der Waals surface area contributed by atoms with E-state index in [0.29, 0.717) is 19.1 Å². The molecule has 0 saturated carbocycles. The average molecular weight is 319 g/mol. The number of nitrogens with one attached hydrogen (secondary N) is 1. The SMILES string of the molecule is O=C(CN1CCCC1Cn1cncn1)NCCc1cccs1. The lowest BCUT2D eigenvalue weighted by molar-refractivity contribution is -0.122. The number of rotatable bonds is 7. The summed E-state index contributed by atoms with van der Waals surface area (Å²) in [5, 5.41) is 9.24. The van der Waals surface area contributed by atoms with Gasteiger partial charge in [-0.05, 0) is 37.3 Å². The highest BCUT2D eigenvalue weighted by Gasteiger charge is 2.26. The molecule has 1 aliphatic rings. The van der Waals surface area contributed by atoms with Gasteiger partial charge in [-0.15, -0.1) is 11.3 Å². The molecule has 1 saturated heterocycles. The molecule has 2 aromatic heterocycles. The third-order valence-electron chi connectivity index (χ3n) is 3.98. The van der Waals surface area contributed by atoms with Crippen molar-refractivity contribution in [2.45, 2.75) is 31.8 Å². The van der Waals surface area contributed by atoms with Gasteiger partial charge in [-0.25, -0.2) is 4.98 Å². The molecule has 3 rings (SSSR count). The normalized spacial score (nSPS) is 18.6. The lowest BCUT2D eigenvalue weighted by atomic mass is 10.2. The molecule has 2 aromatic rings. The Bertz CT molecular complexity index is 569. The predicted molar refractivity (Wildman–Crippen MR) is 85.6 cm³/mol. The van der Waals surface area contributed by atoms with Crippen molar-refractivity contribution in [2.75, 3.05) is 19.6 Å². The first-order chi connectivity index (χ1) is 10.8. The van der Waals surface area contributed by atoms with Crippen LogP contribution in [0.3, 0.4) is 0 Å². The zero-order valence-electron chi connectivity index (χ0n) is 12.5. The van der Waals surface area contributed by atoms with Gasteiger partial charge in [0.1, 0.15) is 12.7 Å². The van der Waals surface area contributed by atoms with Crippen molar-refractivity contribution in [2.24, 2.45) is 0 Å². The van der Waals surface area contributed by atoms with Gasteiger partial charge in [0.05, 0.1) is 13.1 Å². The van der Waals surface area contributed by atoms with Crippen LogP contribution in [-0.2, 0) is 17.8 Å². The molecule has 1 unspecified atom stereocenters. The second-order valence-electron chi connectivity index (χ2n) is 5.56. The first-order valence-electron chi connectivity index (χ1n) is 7.67. The van der Waals surface area contributed by atoms with Crippen LogP contribution in [0.1, 0.15) is 17.7 Å². The van der Waals surface area contributed by atoms with E-state index >= 15 is 0 Å². The third kappa shape index (κ3) is 4.14. The fourth-order valence-electron chi connectivity index (χ4n) is 2.87. The summed E-state index contributed by atoms with van der Waals surface area (Å²) < 4.78 is 1.84. The molecule has 1 atom stereocenters. The largest absolute Gasteiger partial charge is 0.355 e. The number of likely N-dealkylation sites (tertiary alicyclic amines) is 1. The molecule has 6 nitrogen and oxygen atoms in total. The van der Waals surface area contributed by atoms with E-state index in [4.69, 9.17) is 0 Å². The van der Waals surface area contributed by atoms with Crippen LogP contribution in [0.25, 0.3) is 0 Å². The second-order valence-corrected chi connectivity index (χ2v) is 6.60. The fourth-order valence-corrected chi connectivity index (χ4v) is 3.58. The zero-order valence-corrected chi connectivity index (χ0v) is 13.3. The molecular formula is C15H21N5OS. The first kappa shape index (κ1) is 15.2. The number of amides is 1. The van der Waals surface area contributed by atoms with E-state index in [-0.39, 0.29) is 5.91 Å². The van der Waals surface area contributed by atoms with Crippen molar-refractivity contribution in [3.63, 3.8) is 0 Å². The van der Waals surface area contributed by atoms with E-state index in [0.717, 1.165) is 32.4 Å². The van der Waals surface area contributed by atoms with Crippen molar-refractivity contribution in [3.05, 3.63) is 35.0 Å². The van der Waals surface area contributed by atoms with Gasteiger partial charge in [0.25, 0.3) is 0 Å². The quantitative estimate of drug-likeness (QED) is 0.832. The van der Waals surface area contributed by atoms with E-state index in [1.807, 2.05) is 10.7 Å². The molecule has 1 fully saturated rings. The number of thiophene rings is 1. The van der Waals surface area contributed by atoms with Gasteiger partial charge in [0, 0.05) is 17.5 Å². The number of hydrogen-bond donors (Lipinski definition) is 1. The minimum Gasteiger partial charge on any atom is -0.355 e. The van der Waals surface area contributed by atoms with E-state index in [2.05, 4.69) is 31.7 Å². The smallest absolute Gasteiger partial charge is 0.234 e. The van der Waals surface area contributed by atoms with Gasteiger partial charge in [-0.2, -0.15) is 5.10 Å². The summed E-state index contributed by atoms with van der Waals surface area (Å²) in [4.78, 5) is 19.6. The molecule has 0 radical (unpaired) electrons. The van der Waals surface area contributed by atoms with Crippen LogP contribution in [0.4, 0.5) is 0 Å². The fraction of sp³-hybridized carbons (Fsp3) is 0.533. The summed E-state index contributed by atoms with van der Waals surface area (Å²) in [5.41, 5.74) is 0. The lowest BCUT2D eigenvalue weighted by Crippen LogP contribution is -2.41. The number of nitrogens with zero attached hydrogens (tertiary/aromatic N) is 4. The number of aromatic nitrogens is 3. The molecule has 0 aliphatic carbocycles. The molecule has 0 spiro atoms. The number of carbonyl (C=O) groups is 1. The Balaban J connectivity index is 1.41. The van der Waals surface area contributed by atoms with Crippen molar-refractivity contribution in [3.8, 4) is 0 Å². The van der Waals surface area contributed by atoms with Crippen LogP contribution in [0.2, 0.25) is 0 Å². The minimum absolute atomic E-state index is 0.113. The first-order valence-corrected chi connectivity index (χ1v) is 8.55. The minimum atomic E-state index is 0.113. The van der Waals surface area contributed by atoms with Crippen molar-refractivity contribution >= 4 is 17.2 Å². The maximum absolute atomic E-state index is 12.1. The molecule has 7 heteroatoms. The average Bonchev–Trinajstić information content (AvgIpc) is 3.23. The highest BCUT2D eigenvalue weighted by molar-refractivity contribution is 7.09. The Morgan fingerprint density at radius 2 is 2.45 bits per heavy atom. The summed E-state index contributed by atoms with van der Waals surface area (Å²) in [7, 11) is 0. The molecule has 1 amide bonds. The summed E-state index contributed by atoms with van der Waals surface area (Å²) in [5.74, 6) is 0.113. The summed E-state index contributed by atoms with van der Waals surface area (Å²) >= 11 is 1.73. The van der Waals surface area contributed by atoms with Crippen molar-refractivity contribution in [1.29, 1.82) is 0 Å². The van der Waals surface area contributed by atoms with E-state index in [1.165, 1.54) is 4.88 Å². The summed E-state index contributed by atoms with van der Waals surface area (Å²) in [6.07, 6.45) is 6.45. The van der Waals surface area contributed by atoms with Crippen LogP contribution in [0.5, 0.6) is 0 Å². The van der Waals surface area contributed by atoms with Crippen LogP contribution >= 0.6 is 11.3 Å². The lowest BCUT2D eigenvalue weighted by Gasteiger charge is -2.23. The van der Waals surface area contributed by atoms with Gasteiger partial charge in [0.15, 0.2) is 0 Å². The third-order valence-corrected chi connectivity index (χ3v) is 4.92. The van der Waals surface area contributed by atoms with Crippen molar-refractivity contribution in [1.82, 2.24) is 25.0 Å². The van der Waals surface area contributed by atoms with Gasteiger partial charge < -0.3 is 5.32 Å². The van der Waals surface area contributed by atoms with Crippen LogP contribution < -0.4 is 5.32 Å². The topological polar surface area (TPSA) is 63.1 Å². The molecule has 1 N–H and O–H groups in total. The Morgan fingerprint density at radius 3 is 3.23 bits per heavy atom. The monoisotopic (exact) mass is 319 g/mol. The molecular weight excluding hydrogens is 298 g/mol. The van der Waals surface area contributed by atoms with Gasteiger partial charge in [-0.3, -0.25) is 14.4 Å². The molecule has 3 heterocycles. The van der Waals surface area contributed by atoms with Gasteiger partial charge >= 0.3 is 0 Å². The maximum atomic E-state index is 12.1. The molecule has 1 aliphatic heterocycles. The molecule has 22 heavy (non-hydrogen) atoms. The number of hydrogen-bond acceptors (Lipinski definition) is 5. The summed E-state index contributed by atoms with van der Waals surface area (Å²) in [6, 6.07) is 4.52. The van der Waals surface area contributed by atoms with E-state index in [1.54, 1.807) is 24.0 Å². The Hall–Kier alpha value is -1.73. The number of carbonyl (C=O) groups excluding carboxylic acids is 1. The Morgan fingerprint density at radius 1 is 1.50 bits per heavy atom. The molecule has 0 bridgehead atoms. The Kier molecular flexibility index (Phi) is 5.18. The van der Waals surface area contributed by atoms with Gasteiger partial charge in [0.2, 0.25) is 5.91 Å².